The molecule has 0 saturated heterocycles. The fourth-order valence-corrected chi connectivity index (χ4v) is 4.79. The molecular weight excluding hydrogens is 340 g/mol. The second-order valence-electron chi connectivity index (χ2n) is 7.68. The van der Waals surface area contributed by atoms with E-state index in [1.807, 2.05) is 6.07 Å². The molecule has 2 aliphatic rings. The number of fused-ring (bicyclic) bond motifs is 6. The number of benzene rings is 4. The summed E-state index contributed by atoms with van der Waals surface area (Å²) in [6, 6.07) is 28.0. The number of rotatable bonds is 2. The molecule has 4 aromatic carbocycles. The van der Waals surface area contributed by atoms with Crippen LogP contribution in [0.4, 0.5) is 17.1 Å². The van der Waals surface area contributed by atoms with Crippen LogP contribution in [0.5, 0.6) is 0 Å². The molecule has 0 heterocycles. The maximum absolute atomic E-state index is 6.44. The molecule has 0 amide bonds. The molecule has 0 fully saturated rings. The molecule has 0 saturated carbocycles. The van der Waals surface area contributed by atoms with Crippen molar-refractivity contribution in [1.29, 1.82) is 0 Å². The average Bonchev–Trinajstić information content (AvgIpc) is 3.29. The molecule has 6 rings (SSSR count). The first-order chi connectivity index (χ1) is 13.8. The summed E-state index contributed by atoms with van der Waals surface area (Å²) in [7, 11) is 0. The monoisotopic (exact) mass is 360 g/mol. The normalized spacial score (nSPS) is 12.9. The summed E-state index contributed by atoms with van der Waals surface area (Å²) in [5, 5.41) is 3.72. The van der Waals surface area contributed by atoms with Crippen LogP contribution in [-0.2, 0) is 12.8 Å². The van der Waals surface area contributed by atoms with E-state index in [0.29, 0.717) is 0 Å². The first kappa shape index (κ1) is 15.5. The molecule has 0 unspecified atom stereocenters. The predicted molar refractivity (Wildman–Crippen MR) is 117 cm³/mol. The first-order valence-corrected chi connectivity index (χ1v) is 9.76. The third-order valence-electron chi connectivity index (χ3n) is 6.13. The highest BCUT2D eigenvalue weighted by atomic mass is 14.9. The molecule has 0 aromatic heterocycles. The van der Waals surface area contributed by atoms with Gasteiger partial charge in [-0.05, 0) is 56.6 Å². The van der Waals surface area contributed by atoms with Gasteiger partial charge in [-0.2, -0.15) is 0 Å². The number of nitrogens with one attached hydrogen (secondary N) is 1. The smallest absolute Gasteiger partial charge is 0.0660 e. The van der Waals surface area contributed by atoms with Crippen LogP contribution < -0.4 is 11.1 Å². The van der Waals surface area contributed by atoms with Gasteiger partial charge in [0.15, 0.2) is 0 Å². The van der Waals surface area contributed by atoms with Crippen molar-refractivity contribution in [2.75, 3.05) is 11.1 Å². The van der Waals surface area contributed by atoms with Crippen molar-refractivity contribution in [1.82, 2.24) is 0 Å². The van der Waals surface area contributed by atoms with E-state index in [9.17, 15) is 0 Å². The Morgan fingerprint density at radius 2 is 1.18 bits per heavy atom. The molecule has 2 nitrogen and oxygen atoms in total. The van der Waals surface area contributed by atoms with Gasteiger partial charge in [0.2, 0.25) is 0 Å². The lowest BCUT2D eigenvalue weighted by Crippen LogP contribution is -2.02. The van der Waals surface area contributed by atoms with E-state index in [0.717, 1.165) is 29.9 Å². The fourth-order valence-electron chi connectivity index (χ4n) is 4.79. The van der Waals surface area contributed by atoms with Crippen molar-refractivity contribution < 1.29 is 0 Å². The van der Waals surface area contributed by atoms with Crippen molar-refractivity contribution in [3.8, 4) is 22.3 Å². The van der Waals surface area contributed by atoms with Gasteiger partial charge >= 0.3 is 0 Å². The highest BCUT2D eigenvalue weighted by Gasteiger charge is 2.24. The second-order valence-corrected chi connectivity index (χ2v) is 7.68. The Hall–Kier alpha value is -3.52. The summed E-state index contributed by atoms with van der Waals surface area (Å²) in [5.41, 5.74) is 20.2. The van der Waals surface area contributed by atoms with Crippen molar-refractivity contribution >= 4 is 17.1 Å². The molecular formula is C26H20N2. The quantitative estimate of drug-likeness (QED) is 0.363. The third kappa shape index (κ3) is 2.15. The topological polar surface area (TPSA) is 38.0 Å². The molecule has 0 radical (unpaired) electrons. The SMILES string of the molecule is Nc1ccc2c(c1Nc1cccc3c1Cc1ccccc1-3)Cc1ccccc1-2. The van der Waals surface area contributed by atoms with Crippen LogP contribution in [0, 0.1) is 0 Å². The Bertz CT molecular complexity index is 1250. The molecule has 134 valence electrons. The lowest BCUT2D eigenvalue weighted by atomic mass is 10.0. The fraction of sp³-hybridized carbons (Fsp3) is 0.0769. The van der Waals surface area contributed by atoms with Gasteiger partial charge in [0.25, 0.3) is 0 Å². The predicted octanol–water partition coefficient (Wildman–Crippen LogP) is 6.15. The number of hydrogen-bond donors (Lipinski definition) is 2. The molecule has 2 aliphatic carbocycles. The van der Waals surface area contributed by atoms with E-state index in [4.69, 9.17) is 5.73 Å². The standard InChI is InChI=1S/C26H20N2/c27-24-13-12-21-19-9-4-2-7-17(19)15-23(21)26(24)28-25-11-5-10-20-18-8-3-1-6-16(18)14-22(20)25/h1-13,28H,14-15,27H2. The summed E-state index contributed by atoms with van der Waals surface area (Å²) in [6.07, 6.45) is 1.89. The Labute approximate surface area is 164 Å². The molecule has 0 bridgehead atoms. The molecule has 0 aliphatic heterocycles. The summed E-state index contributed by atoms with van der Waals surface area (Å²) >= 11 is 0. The first-order valence-electron chi connectivity index (χ1n) is 9.76. The number of hydrogen-bond acceptors (Lipinski definition) is 2. The minimum Gasteiger partial charge on any atom is -0.397 e. The summed E-state index contributed by atoms with van der Waals surface area (Å²) in [6.45, 7) is 0. The second kappa shape index (κ2) is 5.74. The minimum absolute atomic E-state index is 0.805. The Kier molecular flexibility index (Phi) is 3.18. The maximum atomic E-state index is 6.44. The van der Waals surface area contributed by atoms with Gasteiger partial charge in [-0.3, -0.25) is 0 Å². The summed E-state index contributed by atoms with van der Waals surface area (Å²) < 4.78 is 0. The highest BCUT2D eigenvalue weighted by Crippen LogP contribution is 2.45. The van der Waals surface area contributed by atoms with Crippen LogP contribution in [0.15, 0.2) is 78.9 Å². The average molecular weight is 360 g/mol. The van der Waals surface area contributed by atoms with E-state index in [-0.39, 0.29) is 0 Å². The van der Waals surface area contributed by atoms with Gasteiger partial charge in [-0.1, -0.05) is 66.7 Å². The van der Waals surface area contributed by atoms with Crippen molar-refractivity contribution in [2.45, 2.75) is 12.8 Å². The van der Waals surface area contributed by atoms with Gasteiger partial charge < -0.3 is 11.1 Å². The van der Waals surface area contributed by atoms with Crippen LogP contribution in [0.3, 0.4) is 0 Å². The zero-order chi connectivity index (χ0) is 18.7. The van der Waals surface area contributed by atoms with Gasteiger partial charge in [-0.25, -0.2) is 0 Å². The van der Waals surface area contributed by atoms with Crippen LogP contribution >= 0.6 is 0 Å². The Morgan fingerprint density at radius 3 is 1.93 bits per heavy atom. The van der Waals surface area contributed by atoms with Crippen LogP contribution in [0.1, 0.15) is 22.3 Å². The van der Waals surface area contributed by atoms with E-state index in [1.54, 1.807) is 0 Å². The summed E-state index contributed by atoms with van der Waals surface area (Å²) in [5.74, 6) is 0. The Balaban J connectivity index is 1.46. The molecule has 4 aromatic rings. The zero-order valence-corrected chi connectivity index (χ0v) is 15.5. The van der Waals surface area contributed by atoms with E-state index >= 15 is 0 Å². The van der Waals surface area contributed by atoms with Gasteiger partial charge in [0.05, 0.1) is 11.4 Å². The number of nitrogens with two attached hydrogens (primary N) is 1. The largest absolute Gasteiger partial charge is 0.397 e. The summed E-state index contributed by atoms with van der Waals surface area (Å²) in [4.78, 5) is 0. The Morgan fingerprint density at radius 1 is 0.571 bits per heavy atom. The van der Waals surface area contributed by atoms with Crippen LogP contribution in [0.2, 0.25) is 0 Å². The number of nitrogen functional groups attached to an aromatic ring is 1. The number of anilines is 3. The van der Waals surface area contributed by atoms with E-state index in [2.05, 4.69) is 78.1 Å². The minimum atomic E-state index is 0.805. The molecule has 3 N–H and O–H groups in total. The van der Waals surface area contributed by atoms with Crippen LogP contribution in [-0.4, -0.2) is 0 Å². The molecule has 0 spiro atoms. The van der Waals surface area contributed by atoms with Gasteiger partial charge in [-0.15, -0.1) is 0 Å². The molecule has 28 heavy (non-hydrogen) atoms. The van der Waals surface area contributed by atoms with Gasteiger partial charge in [0, 0.05) is 18.5 Å². The molecule has 2 heteroatoms. The van der Waals surface area contributed by atoms with Crippen molar-refractivity contribution in [2.24, 2.45) is 0 Å². The third-order valence-corrected chi connectivity index (χ3v) is 6.13. The van der Waals surface area contributed by atoms with Crippen LogP contribution in [0.25, 0.3) is 22.3 Å². The lowest BCUT2D eigenvalue weighted by molar-refractivity contribution is 1.24. The molecule has 0 atom stereocenters. The highest BCUT2D eigenvalue weighted by molar-refractivity contribution is 5.91. The lowest BCUT2D eigenvalue weighted by Gasteiger charge is -2.17. The van der Waals surface area contributed by atoms with Gasteiger partial charge in [0.1, 0.15) is 0 Å². The van der Waals surface area contributed by atoms with E-state index < -0.39 is 0 Å². The van der Waals surface area contributed by atoms with Crippen molar-refractivity contribution in [3.05, 3.63) is 101 Å². The zero-order valence-electron chi connectivity index (χ0n) is 15.5. The van der Waals surface area contributed by atoms with E-state index in [1.165, 1.54) is 44.5 Å². The maximum Gasteiger partial charge on any atom is 0.0660 e. The van der Waals surface area contributed by atoms with Crippen molar-refractivity contribution in [3.63, 3.8) is 0 Å².